The molecule has 3 heterocycles. The minimum absolute atomic E-state index is 0.0608. The molecule has 2 saturated heterocycles. The van der Waals surface area contributed by atoms with Crippen molar-refractivity contribution in [2.45, 2.75) is 57.2 Å². The SMILES string of the molecule is CC1(C[C@@H](O)C(=O)N2CC3CC2(C(=O)NCc2cc(Cl)ccc2-c2nn[nH]n2)C3)CC1. The molecule has 1 aromatic heterocycles. The number of hydrogen-bond donors (Lipinski definition) is 3. The van der Waals surface area contributed by atoms with Crippen molar-refractivity contribution in [1.29, 1.82) is 0 Å². The van der Waals surface area contributed by atoms with Crippen molar-refractivity contribution in [3.8, 4) is 11.4 Å². The number of aliphatic hydroxyl groups excluding tert-OH is 1. The predicted molar refractivity (Wildman–Crippen MR) is 112 cm³/mol. The Morgan fingerprint density at radius 2 is 2.16 bits per heavy atom. The van der Waals surface area contributed by atoms with Crippen LogP contribution in [-0.4, -0.2) is 60.6 Å². The summed E-state index contributed by atoms with van der Waals surface area (Å²) < 4.78 is 0. The van der Waals surface area contributed by atoms with E-state index in [0.717, 1.165) is 24.0 Å². The number of hydrogen-bond acceptors (Lipinski definition) is 6. The molecule has 2 amide bonds. The van der Waals surface area contributed by atoms with Crippen LogP contribution in [0.15, 0.2) is 18.2 Å². The maximum atomic E-state index is 13.2. The zero-order valence-corrected chi connectivity index (χ0v) is 18.0. The number of carbonyl (C=O) groups excluding carboxylic acids is 2. The van der Waals surface area contributed by atoms with Gasteiger partial charge in [0.05, 0.1) is 0 Å². The highest BCUT2D eigenvalue weighted by atomic mass is 35.5. The lowest BCUT2D eigenvalue weighted by atomic mass is 9.72. The van der Waals surface area contributed by atoms with E-state index in [1.54, 1.807) is 23.1 Å². The lowest BCUT2D eigenvalue weighted by molar-refractivity contribution is -0.152. The molecule has 10 heteroatoms. The van der Waals surface area contributed by atoms with Crippen LogP contribution in [0.5, 0.6) is 0 Å². The third-order valence-corrected chi connectivity index (χ3v) is 7.30. The van der Waals surface area contributed by atoms with Gasteiger partial charge in [-0.15, -0.1) is 10.2 Å². The quantitative estimate of drug-likeness (QED) is 0.596. The molecule has 2 saturated carbocycles. The summed E-state index contributed by atoms with van der Waals surface area (Å²) in [6.45, 7) is 2.84. The molecule has 0 spiro atoms. The smallest absolute Gasteiger partial charge is 0.252 e. The highest BCUT2D eigenvalue weighted by Gasteiger charge is 2.63. The van der Waals surface area contributed by atoms with Crippen LogP contribution in [-0.2, 0) is 16.1 Å². The number of rotatable bonds is 7. The summed E-state index contributed by atoms with van der Waals surface area (Å²) in [5, 5.41) is 28.0. The van der Waals surface area contributed by atoms with Crippen LogP contribution in [0.1, 0.15) is 44.6 Å². The molecule has 4 aliphatic rings. The van der Waals surface area contributed by atoms with E-state index in [1.807, 2.05) is 0 Å². The molecule has 6 rings (SSSR count). The number of fused-ring (bicyclic) bond motifs is 1. The van der Waals surface area contributed by atoms with Gasteiger partial charge in [0.1, 0.15) is 11.6 Å². The average Bonchev–Trinajstić information content (AvgIpc) is 3.15. The van der Waals surface area contributed by atoms with Crippen molar-refractivity contribution in [3.63, 3.8) is 0 Å². The predicted octanol–water partition coefficient (Wildman–Crippen LogP) is 1.68. The van der Waals surface area contributed by atoms with Crippen LogP contribution in [0.4, 0.5) is 0 Å². The maximum Gasteiger partial charge on any atom is 0.252 e. The van der Waals surface area contributed by atoms with Gasteiger partial charge in [0.15, 0.2) is 0 Å². The van der Waals surface area contributed by atoms with Crippen LogP contribution in [0.2, 0.25) is 5.02 Å². The van der Waals surface area contributed by atoms with E-state index in [-0.39, 0.29) is 23.8 Å². The van der Waals surface area contributed by atoms with Crippen molar-refractivity contribution in [2.75, 3.05) is 6.54 Å². The molecule has 3 N–H and O–H groups in total. The Morgan fingerprint density at radius 1 is 1.39 bits per heavy atom. The largest absolute Gasteiger partial charge is 0.383 e. The summed E-state index contributed by atoms with van der Waals surface area (Å²) >= 11 is 6.16. The average molecular weight is 445 g/mol. The molecule has 2 aliphatic heterocycles. The van der Waals surface area contributed by atoms with Gasteiger partial charge in [-0.1, -0.05) is 18.5 Å². The van der Waals surface area contributed by atoms with Gasteiger partial charge in [0, 0.05) is 23.7 Å². The highest BCUT2D eigenvalue weighted by Crippen LogP contribution is 2.52. The summed E-state index contributed by atoms with van der Waals surface area (Å²) in [6, 6.07) is 5.27. The number of H-pyrrole nitrogens is 1. The van der Waals surface area contributed by atoms with Crippen molar-refractivity contribution >= 4 is 23.4 Å². The number of halogens is 1. The lowest BCUT2D eigenvalue weighted by Gasteiger charge is -2.41. The fraction of sp³-hybridized carbons (Fsp3) is 0.571. The van der Waals surface area contributed by atoms with Gasteiger partial charge < -0.3 is 15.3 Å². The molecular formula is C21H25ClN6O3. The standard InChI is InChI=1S/C21H25ClN6O3/c1-20(4-5-20)9-16(29)18(30)28-11-12-7-21(28,8-12)19(31)23-10-13-6-14(22)2-3-15(13)17-24-26-27-25-17/h2-3,6,12,16,29H,4-5,7-11H2,1H3,(H,23,31)(H,24,25,26,27)/t12?,16-,21?/m1/s1. The van der Waals surface area contributed by atoms with E-state index in [0.29, 0.717) is 42.6 Å². The van der Waals surface area contributed by atoms with Crippen LogP contribution < -0.4 is 5.32 Å². The first-order valence-corrected chi connectivity index (χ1v) is 11.0. The van der Waals surface area contributed by atoms with Gasteiger partial charge in [-0.25, -0.2) is 0 Å². The minimum Gasteiger partial charge on any atom is -0.383 e. The second kappa shape index (κ2) is 7.27. The molecule has 2 aliphatic carbocycles. The summed E-state index contributed by atoms with van der Waals surface area (Å²) in [4.78, 5) is 27.8. The van der Waals surface area contributed by atoms with E-state index in [2.05, 4.69) is 32.9 Å². The number of aliphatic hydroxyl groups is 1. The number of carbonyl (C=O) groups is 2. The summed E-state index contributed by atoms with van der Waals surface area (Å²) in [7, 11) is 0. The molecule has 4 fully saturated rings. The first kappa shape index (κ1) is 20.4. The van der Waals surface area contributed by atoms with Gasteiger partial charge in [0.25, 0.3) is 5.91 Å². The minimum atomic E-state index is -1.05. The number of nitrogens with zero attached hydrogens (tertiary/aromatic N) is 4. The topological polar surface area (TPSA) is 124 Å². The van der Waals surface area contributed by atoms with Crippen LogP contribution >= 0.6 is 11.6 Å². The molecule has 2 bridgehead atoms. The maximum absolute atomic E-state index is 13.2. The number of tetrazole rings is 1. The fourth-order valence-electron chi connectivity index (χ4n) is 4.98. The monoisotopic (exact) mass is 444 g/mol. The Balaban J connectivity index is 1.30. The zero-order chi connectivity index (χ0) is 21.8. The lowest BCUT2D eigenvalue weighted by Crippen LogP contribution is -2.60. The number of benzene rings is 1. The Hall–Kier alpha value is -2.52. The highest BCUT2D eigenvalue weighted by molar-refractivity contribution is 6.30. The Bertz CT molecular complexity index is 1020. The third-order valence-electron chi connectivity index (χ3n) is 7.07. The number of aromatic nitrogens is 4. The van der Waals surface area contributed by atoms with Gasteiger partial charge in [-0.05, 0) is 72.4 Å². The van der Waals surface area contributed by atoms with Crippen molar-refractivity contribution in [2.24, 2.45) is 11.3 Å². The van der Waals surface area contributed by atoms with Crippen molar-refractivity contribution in [1.82, 2.24) is 30.8 Å². The molecule has 9 nitrogen and oxygen atoms in total. The second-order valence-electron chi connectivity index (χ2n) is 9.50. The van der Waals surface area contributed by atoms with E-state index in [1.165, 1.54) is 0 Å². The van der Waals surface area contributed by atoms with Gasteiger partial charge >= 0.3 is 0 Å². The first-order valence-electron chi connectivity index (χ1n) is 10.6. The molecule has 0 radical (unpaired) electrons. The third kappa shape index (κ3) is 3.59. The normalized spacial score (nSPS) is 26.3. The second-order valence-corrected chi connectivity index (χ2v) is 9.94. The van der Waals surface area contributed by atoms with Crippen molar-refractivity contribution in [3.05, 3.63) is 28.8 Å². The fourth-order valence-corrected chi connectivity index (χ4v) is 5.18. The summed E-state index contributed by atoms with van der Waals surface area (Å²) in [5.41, 5.74) is 0.672. The number of amides is 2. The van der Waals surface area contributed by atoms with Gasteiger partial charge in [0.2, 0.25) is 11.7 Å². The van der Waals surface area contributed by atoms with Gasteiger partial charge in [-0.3, -0.25) is 9.59 Å². The molecule has 1 aromatic carbocycles. The Kier molecular flexibility index (Phi) is 4.78. The van der Waals surface area contributed by atoms with Crippen LogP contribution in [0, 0.1) is 11.3 Å². The van der Waals surface area contributed by atoms with Crippen LogP contribution in [0.25, 0.3) is 11.4 Å². The molecule has 31 heavy (non-hydrogen) atoms. The van der Waals surface area contributed by atoms with E-state index < -0.39 is 11.6 Å². The molecular weight excluding hydrogens is 420 g/mol. The molecule has 164 valence electrons. The van der Waals surface area contributed by atoms with E-state index in [4.69, 9.17) is 11.6 Å². The van der Waals surface area contributed by atoms with Crippen LogP contribution in [0.3, 0.4) is 0 Å². The first-order chi connectivity index (χ1) is 14.8. The van der Waals surface area contributed by atoms with E-state index in [9.17, 15) is 14.7 Å². The summed E-state index contributed by atoms with van der Waals surface area (Å²) in [5.74, 6) is 0.216. The van der Waals surface area contributed by atoms with E-state index >= 15 is 0 Å². The zero-order valence-electron chi connectivity index (χ0n) is 17.3. The Labute approximate surface area is 184 Å². The van der Waals surface area contributed by atoms with Gasteiger partial charge in [-0.2, -0.15) is 5.21 Å². The molecule has 2 aromatic rings. The summed E-state index contributed by atoms with van der Waals surface area (Å²) in [6.07, 6.45) is 2.77. The molecule has 1 atom stereocenters. The van der Waals surface area contributed by atoms with Crippen molar-refractivity contribution < 1.29 is 14.7 Å². The number of nitrogens with one attached hydrogen (secondary N) is 2. The Morgan fingerprint density at radius 3 is 2.84 bits per heavy atom. The number of aromatic amines is 1. The molecule has 0 unspecified atom stereocenters.